The van der Waals surface area contributed by atoms with Crippen molar-refractivity contribution in [1.29, 1.82) is 0 Å². The van der Waals surface area contributed by atoms with E-state index < -0.39 is 0 Å². The first-order chi connectivity index (χ1) is 6.32. The SMILES string of the molecule is CC(C)(C)[C@H](N)c1ccc(Br)cc1O. The number of phenols is 1. The van der Waals surface area contributed by atoms with Crippen LogP contribution in [0.4, 0.5) is 0 Å². The average Bonchev–Trinajstić information content (AvgIpc) is 2.01. The highest BCUT2D eigenvalue weighted by Gasteiger charge is 2.24. The zero-order valence-corrected chi connectivity index (χ0v) is 10.3. The van der Waals surface area contributed by atoms with Crippen molar-refractivity contribution < 1.29 is 5.11 Å². The molecule has 0 fully saturated rings. The van der Waals surface area contributed by atoms with Crippen LogP contribution >= 0.6 is 15.9 Å². The van der Waals surface area contributed by atoms with Crippen LogP contribution in [-0.4, -0.2) is 5.11 Å². The molecule has 0 heterocycles. The minimum atomic E-state index is -0.157. The highest BCUT2D eigenvalue weighted by molar-refractivity contribution is 9.10. The third kappa shape index (κ3) is 2.49. The van der Waals surface area contributed by atoms with Crippen LogP contribution in [0.15, 0.2) is 22.7 Å². The Bertz CT molecular complexity index is 331. The van der Waals surface area contributed by atoms with Gasteiger partial charge in [0.1, 0.15) is 5.75 Å². The van der Waals surface area contributed by atoms with Crippen LogP contribution in [0.3, 0.4) is 0 Å². The van der Waals surface area contributed by atoms with Crippen LogP contribution in [0.1, 0.15) is 32.4 Å². The molecule has 1 aromatic carbocycles. The summed E-state index contributed by atoms with van der Waals surface area (Å²) in [5.74, 6) is 0.252. The second-order valence-electron chi connectivity index (χ2n) is 4.55. The molecule has 0 saturated heterocycles. The van der Waals surface area contributed by atoms with Gasteiger partial charge in [0.2, 0.25) is 0 Å². The Kier molecular flexibility index (Phi) is 3.22. The number of halogens is 1. The van der Waals surface area contributed by atoms with E-state index in [1.54, 1.807) is 6.07 Å². The Hall–Kier alpha value is -0.540. The number of rotatable bonds is 1. The van der Waals surface area contributed by atoms with Crippen LogP contribution < -0.4 is 5.73 Å². The van der Waals surface area contributed by atoms with E-state index in [2.05, 4.69) is 36.7 Å². The average molecular weight is 258 g/mol. The van der Waals surface area contributed by atoms with E-state index in [-0.39, 0.29) is 17.2 Å². The first-order valence-corrected chi connectivity index (χ1v) is 5.35. The molecule has 1 aromatic rings. The molecule has 1 atom stereocenters. The van der Waals surface area contributed by atoms with Crippen molar-refractivity contribution in [1.82, 2.24) is 0 Å². The van der Waals surface area contributed by atoms with Crippen LogP contribution in [0, 0.1) is 5.41 Å². The molecule has 0 radical (unpaired) electrons. The lowest BCUT2D eigenvalue weighted by Gasteiger charge is -2.27. The first-order valence-electron chi connectivity index (χ1n) is 4.56. The molecule has 0 aromatic heterocycles. The monoisotopic (exact) mass is 257 g/mol. The Morgan fingerprint density at radius 1 is 1.36 bits per heavy atom. The Morgan fingerprint density at radius 3 is 2.36 bits per heavy atom. The summed E-state index contributed by atoms with van der Waals surface area (Å²) in [7, 11) is 0. The van der Waals surface area contributed by atoms with E-state index in [0.717, 1.165) is 10.0 Å². The highest BCUT2D eigenvalue weighted by atomic mass is 79.9. The van der Waals surface area contributed by atoms with Gasteiger partial charge in [0, 0.05) is 16.1 Å². The molecule has 0 aliphatic rings. The third-order valence-electron chi connectivity index (χ3n) is 2.26. The predicted molar refractivity (Wildman–Crippen MR) is 62.2 cm³/mol. The number of benzene rings is 1. The van der Waals surface area contributed by atoms with Gasteiger partial charge in [0.25, 0.3) is 0 Å². The van der Waals surface area contributed by atoms with Crippen molar-refractivity contribution in [2.24, 2.45) is 11.1 Å². The molecular weight excluding hydrogens is 242 g/mol. The van der Waals surface area contributed by atoms with Gasteiger partial charge in [-0.15, -0.1) is 0 Å². The molecule has 2 nitrogen and oxygen atoms in total. The van der Waals surface area contributed by atoms with Crippen LogP contribution in [-0.2, 0) is 0 Å². The highest BCUT2D eigenvalue weighted by Crippen LogP contribution is 2.36. The second kappa shape index (κ2) is 3.91. The third-order valence-corrected chi connectivity index (χ3v) is 2.75. The van der Waals surface area contributed by atoms with E-state index in [0.29, 0.717) is 0 Å². The quantitative estimate of drug-likeness (QED) is 0.812. The van der Waals surface area contributed by atoms with Crippen molar-refractivity contribution >= 4 is 15.9 Å². The molecule has 0 aliphatic carbocycles. The summed E-state index contributed by atoms with van der Waals surface area (Å²) in [6, 6.07) is 5.26. The largest absolute Gasteiger partial charge is 0.508 e. The van der Waals surface area contributed by atoms with Crippen molar-refractivity contribution in [3.63, 3.8) is 0 Å². The summed E-state index contributed by atoms with van der Waals surface area (Å²) in [5.41, 5.74) is 6.79. The smallest absolute Gasteiger partial charge is 0.121 e. The van der Waals surface area contributed by atoms with E-state index >= 15 is 0 Å². The molecular formula is C11H16BrNO. The summed E-state index contributed by atoms with van der Waals surface area (Å²) >= 11 is 3.30. The zero-order valence-electron chi connectivity index (χ0n) is 8.71. The van der Waals surface area contributed by atoms with Gasteiger partial charge in [-0.1, -0.05) is 42.8 Å². The van der Waals surface area contributed by atoms with Crippen LogP contribution in [0.25, 0.3) is 0 Å². The minimum Gasteiger partial charge on any atom is -0.508 e. The maximum atomic E-state index is 9.72. The Labute approximate surface area is 93.3 Å². The van der Waals surface area contributed by atoms with Crippen molar-refractivity contribution in [2.45, 2.75) is 26.8 Å². The standard InChI is InChI=1S/C11H16BrNO/c1-11(2,3)10(13)8-5-4-7(12)6-9(8)14/h4-6,10,14H,13H2,1-3H3/t10-/m1/s1. The van der Waals surface area contributed by atoms with E-state index in [1.807, 2.05) is 12.1 Å². The molecule has 1 rings (SSSR count). The van der Waals surface area contributed by atoms with Gasteiger partial charge in [-0.05, 0) is 17.5 Å². The lowest BCUT2D eigenvalue weighted by molar-refractivity contribution is 0.317. The maximum absolute atomic E-state index is 9.72. The molecule has 0 spiro atoms. The van der Waals surface area contributed by atoms with Gasteiger partial charge in [-0.3, -0.25) is 0 Å². The van der Waals surface area contributed by atoms with Gasteiger partial charge < -0.3 is 10.8 Å². The lowest BCUT2D eigenvalue weighted by atomic mass is 9.83. The van der Waals surface area contributed by atoms with Gasteiger partial charge in [-0.2, -0.15) is 0 Å². The van der Waals surface area contributed by atoms with Gasteiger partial charge in [-0.25, -0.2) is 0 Å². The lowest BCUT2D eigenvalue weighted by Crippen LogP contribution is -2.26. The van der Waals surface area contributed by atoms with Crippen LogP contribution in [0.2, 0.25) is 0 Å². The van der Waals surface area contributed by atoms with Crippen LogP contribution in [0.5, 0.6) is 5.75 Å². The predicted octanol–water partition coefficient (Wildman–Crippen LogP) is 3.20. The van der Waals surface area contributed by atoms with Gasteiger partial charge >= 0.3 is 0 Å². The molecule has 0 amide bonds. The normalized spacial score (nSPS) is 14.1. The topological polar surface area (TPSA) is 46.2 Å². The van der Waals surface area contributed by atoms with Crippen molar-refractivity contribution in [3.8, 4) is 5.75 Å². The number of aromatic hydroxyl groups is 1. The number of phenolic OH excluding ortho intramolecular Hbond substituents is 1. The summed E-state index contributed by atoms with van der Waals surface area (Å²) in [6.07, 6.45) is 0. The fraction of sp³-hybridized carbons (Fsp3) is 0.455. The summed E-state index contributed by atoms with van der Waals surface area (Å²) in [4.78, 5) is 0. The molecule has 0 saturated carbocycles. The molecule has 78 valence electrons. The molecule has 0 bridgehead atoms. The van der Waals surface area contributed by atoms with E-state index in [4.69, 9.17) is 5.73 Å². The number of hydrogen-bond donors (Lipinski definition) is 2. The van der Waals surface area contributed by atoms with Crippen molar-refractivity contribution in [3.05, 3.63) is 28.2 Å². The Morgan fingerprint density at radius 2 is 1.93 bits per heavy atom. The second-order valence-corrected chi connectivity index (χ2v) is 5.46. The zero-order chi connectivity index (χ0) is 10.9. The summed E-state index contributed by atoms with van der Waals surface area (Å²) in [6.45, 7) is 6.16. The van der Waals surface area contributed by atoms with E-state index in [1.165, 1.54) is 0 Å². The summed E-state index contributed by atoms with van der Waals surface area (Å²) in [5, 5.41) is 9.72. The maximum Gasteiger partial charge on any atom is 0.121 e. The fourth-order valence-electron chi connectivity index (χ4n) is 1.25. The van der Waals surface area contributed by atoms with Gasteiger partial charge in [0.15, 0.2) is 0 Å². The molecule has 0 aliphatic heterocycles. The molecule has 3 heteroatoms. The molecule has 3 N–H and O–H groups in total. The minimum absolute atomic E-state index is 0.0503. The fourth-order valence-corrected chi connectivity index (χ4v) is 1.60. The number of nitrogens with two attached hydrogens (primary N) is 1. The molecule has 14 heavy (non-hydrogen) atoms. The van der Waals surface area contributed by atoms with Crippen molar-refractivity contribution in [2.75, 3.05) is 0 Å². The molecule has 0 unspecified atom stereocenters. The Balaban J connectivity index is 3.08. The summed E-state index contributed by atoms with van der Waals surface area (Å²) < 4.78 is 0.861. The van der Waals surface area contributed by atoms with Gasteiger partial charge in [0.05, 0.1) is 0 Å². The van der Waals surface area contributed by atoms with E-state index in [9.17, 15) is 5.11 Å². The number of hydrogen-bond acceptors (Lipinski definition) is 2. The first kappa shape index (κ1) is 11.5.